The molecule has 6 aromatic rings. The van der Waals surface area contributed by atoms with Crippen molar-refractivity contribution in [1.29, 1.82) is 0 Å². The summed E-state index contributed by atoms with van der Waals surface area (Å²) in [5.74, 6) is 0. The molecule has 0 unspecified atom stereocenters. The van der Waals surface area contributed by atoms with Crippen LogP contribution in [0.3, 0.4) is 0 Å². The van der Waals surface area contributed by atoms with Crippen molar-refractivity contribution in [2.24, 2.45) is 0 Å². The zero-order valence-corrected chi connectivity index (χ0v) is 29.3. The Morgan fingerprint density at radius 2 is 0.915 bits per heavy atom. The second-order valence-electron chi connectivity index (χ2n) is 16.0. The molecule has 1 heteroatoms. The van der Waals surface area contributed by atoms with Crippen LogP contribution in [0.1, 0.15) is 87.4 Å². The van der Waals surface area contributed by atoms with Crippen LogP contribution in [0.2, 0.25) is 0 Å². The lowest BCUT2D eigenvalue weighted by molar-refractivity contribution is 0.584. The van der Waals surface area contributed by atoms with Crippen molar-refractivity contribution in [3.05, 3.63) is 148 Å². The van der Waals surface area contributed by atoms with E-state index in [0.717, 1.165) is 0 Å². The van der Waals surface area contributed by atoms with Crippen LogP contribution in [0.15, 0.2) is 109 Å². The van der Waals surface area contributed by atoms with E-state index in [1.54, 1.807) is 0 Å². The van der Waals surface area contributed by atoms with Crippen molar-refractivity contribution in [2.75, 3.05) is 4.90 Å². The maximum atomic E-state index is 2.49. The number of benzene rings is 6. The van der Waals surface area contributed by atoms with E-state index in [1.807, 2.05) is 0 Å². The first-order chi connectivity index (χ1) is 22.3. The fraction of sp³-hybridized carbons (Fsp3) is 0.261. The van der Waals surface area contributed by atoms with Crippen LogP contribution in [-0.2, 0) is 16.2 Å². The monoisotopic (exact) mass is 611 g/mol. The Bertz CT molecular complexity index is 2250. The highest BCUT2D eigenvalue weighted by molar-refractivity contribution is 5.94. The smallest absolute Gasteiger partial charge is 0.0468 e. The molecule has 1 nitrogen and oxygen atoms in total. The Kier molecular flexibility index (Phi) is 6.30. The number of nitrogens with zero attached hydrogens (tertiary/aromatic N) is 1. The lowest BCUT2D eigenvalue weighted by atomic mass is 9.79. The van der Waals surface area contributed by atoms with Crippen LogP contribution >= 0.6 is 0 Å². The van der Waals surface area contributed by atoms with Gasteiger partial charge in [0.15, 0.2) is 0 Å². The molecule has 0 aromatic heterocycles. The fourth-order valence-corrected chi connectivity index (χ4v) is 8.38. The molecule has 2 aliphatic rings. The molecule has 6 aromatic carbocycles. The number of aryl methyl sites for hydroxylation is 2. The van der Waals surface area contributed by atoms with Crippen LogP contribution in [-0.4, -0.2) is 0 Å². The molecule has 0 amide bonds. The van der Waals surface area contributed by atoms with Crippen LogP contribution in [0.5, 0.6) is 0 Å². The molecule has 0 spiro atoms. The highest BCUT2D eigenvalue weighted by atomic mass is 15.1. The molecular weight excluding hydrogens is 567 g/mol. The Balaban J connectivity index is 1.33. The molecular formula is C46H45N. The molecule has 0 saturated heterocycles. The minimum atomic E-state index is -0.105. The summed E-state index contributed by atoms with van der Waals surface area (Å²) in [6.45, 7) is 20.9. The molecule has 0 bridgehead atoms. The van der Waals surface area contributed by atoms with E-state index in [0.29, 0.717) is 0 Å². The van der Waals surface area contributed by atoms with Gasteiger partial charge >= 0.3 is 0 Å². The Morgan fingerprint density at radius 3 is 1.53 bits per heavy atom. The van der Waals surface area contributed by atoms with Crippen molar-refractivity contribution in [3.8, 4) is 22.3 Å². The number of rotatable bonds is 3. The summed E-state index contributed by atoms with van der Waals surface area (Å²) in [7, 11) is 0. The van der Waals surface area contributed by atoms with Crippen molar-refractivity contribution >= 4 is 27.8 Å². The Morgan fingerprint density at radius 1 is 0.447 bits per heavy atom. The summed E-state index contributed by atoms with van der Waals surface area (Å²) in [6.07, 6.45) is 0. The fourth-order valence-electron chi connectivity index (χ4n) is 8.38. The molecule has 8 rings (SSSR count). The highest BCUT2D eigenvalue weighted by Gasteiger charge is 2.38. The van der Waals surface area contributed by atoms with E-state index < -0.39 is 0 Å². The van der Waals surface area contributed by atoms with Crippen LogP contribution in [0, 0.1) is 13.8 Å². The SMILES string of the molecule is Cc1ccc(C)c2cc(N(c3ccc4c(c3)C(C)(C)c3ccccc3-4)c3ccc4c(c3)C(C)(C)c3cc(C(C)(C)C)ccc3-4)ccc12. The summed E-state index contributed by atoms with van der Waals surface area (Å²) in [6, 6.07) is 41.9. The molecule has 47 heavy (non-hydrogen) atoms. The molecule has 2 aliphatic carbocycles. The topological polar surface area (TPSA) is 3.24 Å². The summed E-state index contributed by atoms with van der Waals surface area (Å²) in [4.78, 5) is 2.49. The third-order valence-corrected chi connectivity index (χ3v) is 11.3. The van der Waals surface area contributed by atoms with Gasteiger partial charge in [0, 0.05) is 27.9 Å². The quantitative estimate of drug-likeness (QED) is 0.192. The van der Waals surface area contributed by atoms with Crippen LogP contribution in [0.25, 0.3) is 33.0 Å². The average molecular weight is 612 g/mol. The number of hydrogen-bond acceptors (Lipinski definition) is 1. The minimum absolute atomic E-state index is 0.0724. The predicted octanol–water partition coefficient (Wildman–Crippen LogP) is 12.8. The van der Waals surface area contributed by atoms with Gasteiger partial charge in [0.1, 0.15) is 0 Å². The standard InChI is InChI=1S/C46H45N/c1-28-14-15-29(2)39-25-31(17-21-34(28)39)47(32-18-22-37-35-12-10-11-13-40(35)45(6,7)42(37)26-32)33-19-23-38-36-20-16-30(44(3,4)5)24-41(36)46(8,9)43(38)27-33/h10-27H,1-9H3. The third kappa shape index (κ3) is 4.36. The normalized spacial score (nSPS) is 15.3. The van der Waals surface area contributed by atoms with Crippen molar-refractivity contribution < 1.29 is 0 Å². The van der Waals surface area contributed by atoms with Gasteiger partial charge in [-0.2, -0.15) is 0 Å². The summed E-state index contributed by atoms with van der Waals surface area (Å²) >= 11 is 0. The molecule has 0 fully saturated rings. The van der Waals surface area contributed by atoms with Gasteiger partial charge in [-0.05, 0) is 128 Å². The van der Waals surface area contributed by atoms with Crippen molar-refractivity contribution in [1.82, 2.24) is 0 Å². The molecule has 0 radical (unpaired) electrons. The van der Waals surface area contributed by atoms with E-state index in [4.69, 9.17) is 0 Å². The predicted molar refractivity (Wildman–Crippen MR) is 202 cm³/mol. The average Bonchev–Trinajstić information content (AvgIpc) is 3.41. The minimum Gasteiger partial charge on any atom is -0.310 e. The molecule has 234 valence electrons. The second kappa shape index (κ2) is 9.94. The lowest BCUT2D eigenvalue weighted by Crippen LogP contribution is -2.19. The summed E-state index contributed by atoms with van der Waals surface area (Å²) in [5, 5.41) is 2.63. The van der Waals surface area contributed by atoms with Gasteiger partial charge in [-0.25, -0.2) is 0 Å². The highest BCUT2D eigenvalue weighted by Crippen LogP contribution is 2.53. The van der Waals surface area contributed by atoms with Crippen LogP contribution in [0.4, 0.5) is 17.1 Å². The van der Waals surface area contributed by atoms with E-state index in [2.05, 4.69) is 176 Å². The zero-order chi connectivity index (χ0) is 33.0. The maximum absolute atomic E-state index is 2.49. The largest absolute Gasteiger partial charge is 0.310 e. The summed E-state index contributed by atoms with van der Waals surface area (Å²) < 4.78 is 0. The summed E-state index contributed by atoms with van der Waals surface area (Å²) in [5.41, 5.74) is 18.5. The first-order valence-electron chi connectivity index (χ1n) is 17.1. The van der Waals surface area contributed by atoms with Gasteiger partial charge in [-0.3, -0.25) is 0 Å². The van der Waals surface area contributed by atoms with Crippen molar-refractivity contribution in [2.45, 2.75) is 78.6 Å². The van der Waals surface area contributed by atoms with E-state index in [-0.39, 0.29) is 16.2 Å². The molecule has 0 saturated carbocycles. The molecule has 0 aliphatic heterocycles. The molecule has 0 heterocycles. The van der Waals surface area contributed by atoms with Gasteiger partial charge in [0.2, 0.25) is 0 Å². The molecule has 0 N–H and O–H groups in total. The number of fused-ring (bicyclic) bond motifs is 7. The Labute approximate surface area is 280 Å². The van der Waals surface area contributed by atoms with Gasteiger partial charge < -0.3 is 4.90 Å². The van der Waals surface area contributed by atoms with E-state index in [9.17, 15) is 0 Å². The van der Waals surface area contributed by atoms with E-state index >= 15 is 0 Å². The van der Waals surface area contributed by atoms with E-state index in [1.165, 1.54) is 89.0 Å². The first kappa shape index (κ1) is 29.8. The Hall–Kier alpha value is -4.62. The van der Waals surface area contributed by atoms with Gasteiger partial charge in [0.05, 0.1) is 0 Å². The maximum Gasteiger partial charge on any atom is 0.0468 e. The van der Waals surface area contributed by atoms with Gasteiger partial charge in [-0.15, -0.1) is 0 Å². The van der Waals surface area contributed by atoms with Gasteiger partial charge in [0.25, 0.3) is 0 Å². The number of anilines is 3. The lowest BCUT2D eigenvalue weighted by Gasteiger charge is -2.30. The van der Waals surface area contributed by atoms with Gasteiger partial charge in [-0.1, -0.05) is 121 Å². The van der Waals surface area contributed by atoms with Crippen LogP contribution < -0.4 is 4.90 Å². The first-order valence-corrected chi connectivity index (χ1v) is 17.1. The number of hydrogen-bond donors (Lipinski definition) is 0. The molecule has 0 atom stereocenters. The third-order valence-electron chi connectivity index (χ3n) is 11.3. The zero-order valence-electron chi connectivity index (χ0n) is 29.3. The second-order valence-corrected chi connectivity index (χ2v) is 16.0. The van der Waals surface area contributed by atoms with Crippen molar-refractivity contribution in [3.63, 3.8) is 0 Å².